The van der Waals surface area contributed by atoms with Crippen LogP contribution in [0.1, 0.15) is 26.7 Å². The van der Waals surface area contributed by atoms with Gasteiger partial charge in [0, 0.05) is 6.54 Å². The van der Waals surface area contributed by atoms with Crippen molar-refractivity contribution in [3.8, 4) is 0 Å². The highest BCUT2D eigenvalue weighted by atomic mass is 16.5. The molecule has 4 nitrogen and oxygen atoms in total. The lowest BCUT2D eigenvalue weighted by Crippen LogP contribution is -2.33. The zero-order chi connectivity index (χ0) is 11.0. The fourth-order valence-electron chi connectivity index (χ4n) is 1.20. The van der Waals surface area contributed by atoms with Crippen molar-refractivity contribution < 1.29 is 14.6 Å². The van der Waals surface area contributed by atoms with Gasteiger partial charge in [-0.15, -0.1) is 0 Å². The number of ether oxygens (including phenoxy) is 1. The Kier molecular flexibility index (Phi) is 7.42. The van der Waals surface area contributed by atoms with Crippen LogP contribution >= 0.6 is 0 Å². The number of aliphatic hydroxyl groups is 1. The number of methoxy groups -OCH3 is 1. The highest BCUT2D eigenvalue weighted by molar-refractivity contribution is 5.71. The summed E-state index contributed by atoms with van der Waals surface area (Å²) >= 11 is 0. The lowest BCUT2D eigenvalue weighted by atomic mass is 10.2. The van der Waals surface area contributed by atoms with Crippen molar-refractivity contribution in [1.82, 2.24) is 4.90 Å². The third kappa shape index (κ3) is 6.86. The minimum absolute atomic E-state index is 0.218. The summed E-state index contributed by atoms with van der Waals surface area (Å²) in [4.78, 5) is 13.0. The maximum absolute atomic E-state index is 11.0. The van der Waals surface area contributed by atoms with Crippen molar-refractivity contribution in [1.29, 1.82) is 0 Å². The van der Waals surface area contributed by atoms with Crippen molar-refractivity contribution in [2.75, 3.05) is 26.7 Å². The van der Waals surface area contributed by atoms with Crippen LogP contribution in [0.5, 0.6) is 0 Å². The number of hydrogen-bond acceptors (Lipinski definition) is 4. The molecule has 4 heteroatoms. The van der Waals surface area contributed by atoms with Gasteiger partial charge in [0.25, 0.3) is 0 Å². The van der Waals surface area contributed by atoms with Crippen LogP contribution in [0.2, 0.25) is 0 Å². The normalized spacial score (nSPS) is 12.9. The van der Waals surface area contributed by atoms with Crippen LogP contribution in [0.4, 0.5) is 0 Å². The van der Waals surface area contributed by atoms with E-state index in [1.165, 1.54) is 7.11 Å². The van der Waals surface area contributed by atoms with Crippen LogP contribution in [0.3, 0.4) is 0 Å². The van der Waals surface area contributed by atoms with Gasteiger partial charge in [-0.05, 0) is 26.3 Å². The first-order valence-corrected chi connectivity index (χ1v) is 5.07. The first kappa shape index (κ1) is 13.4. The third-order valence-electron chi connectivity index (χ3n) is 1.98. The zero-order valence-electron chi connectivity index (χ0n) is 9.32. The Morgan fingerprint density at radius 3 is 2.57 bits per heavy atom. The predicted octanol–water partition coefficient (Wildman–Crippen LogP) is 0.642. The molecule has 1 N–H and O–H groups in total. The first-order chi connectivity index (χ1) is 6.60. The van der Waals surface area contributed by atoms with Crippen molar-refractivity contribution in [3.05, 3.63) is 0 Å². The van der Waals surface area contributed by atoms with E-state index >= 15 is 0 Å². The van der Waals surface area contributed by atoms with Crippen LogP contribution < -0.4 is 0 Å². The molecule has 0 aromatic rings. The molecule has 0 amide bonds. The van der Waals surface area contributed by atoms with Gasteiger partial charge in [0.1, 0.15) is 0 Å². The second-order valence-corrected chi connectivity index (χ2v) is 3.49. The van der Waals surface area contributed by atoms with Gasteiger partial charge in [-0.3, -0.25) is 9.69 Å². The Labute approximate surface area is 85.9 Å². The topological polar surface area (TPSA) is 49.8 Å². The van der Waals surface area contributed by atoms with E-state index < -0.39 is 0 Å². The van der Waals surface area contributed by atoms with Crippen LogP contribution in [-0.2, 0) is 9.53 Å². The van der Waals surface area contributed by atoms with E-state index in [4.69, 9.17) is 5.11 Å². The Hall–Kier alpha value is -0.610. The molecule has 0 rings (SSSR count). The highest BCUT2D eigenvalue weighted by Gasteiger charge is 2.10. The van der Waals surface area contributed by atoms with Gasteiger partial charge >= 0.3 is 5.97 Å². The zero-order valence-corrected chi connectivity index (χ0v) is 9.32. The lowest BCUT2D eigenvalue weighted by molar-refractivity contribution is -0.142. The fraction of sp³-hybridized carbons (Fsp3) is 0.900. The number of carbonyl (C=O) groups excluding carboxylic acids is 1. The van der Waals surface area contributed by atoms with Gasteiger partial charge in [-0.2, -0.15) is 0 Å². The van der Waals surface area contributed by atoms with Crippen molar-refractivity contribution in [2.24, 2.45) is 0 Å². The third-order valence-corrected chi connectivity index (χ3v) is 1.98. The van der Waals surface area contributed by atoms with Gasteiger partial charge in [-0.1, -0.05) is 6.92 Å². The Morgan fingerprint density at radius 1 is 1.50 bits per heavy atom. The molecule has 0 radical (unpaired) electrons. The van der Waals surface area contributed by atoms with Gasteiger partial charge in [-0.25, -0.2) is 0 Å². The molecule has 0 bridgehead atoms. The summed E-state index contributed by atoms with van der Waals surface area (Å²) in [5, 5.41) is 9.12. The number of carbonyl (C=O) groups is 1. The molecule has 0 aliphatic heterocycles. The number of esters is 1. The van der Waals surface area contributed by atoms with Crippen LogP contribution in [0.25, 0.3) is 0 Å². The number of nitrogens with zero attached hydrogens (tertiary/aromatic N) is 1. The van der Waals surface area contributed by atoms with E-state index in [1.807, 2.05) is 4.90 Å². The van der Waals surface area contributed by atoms with E-state index in [9.17, 15) is 4.79 Å². The molecular weight excluding hydrogens is 182 g/mol. The summed E-state index contributed by atoms with van der Waals surface area (Å²) in [6.45, 7) is 5.73. The molecule has 0 spiro atoms. The van der Waals surface area contributed by atoms with Crippen LogP contribution in [-0.4, -0.2) is 48.8 Å². The van der Waals surface area contributed by atoms with Gasteiger partial charge < -0.3 is 9.84 Å². The molecule has 84 valence electrons. The van der Waals surface area contributed by atoms with Gasteiger partial charge in [0.15, 0.2) is 0 Å². The van der Waals surface area contributed by atoms with E-state index in [1.54, 1.807) is 6.92 Å². The highest BCUT2D eigenvalue weighted by Crippen LogP contribution is 1.98. The van der Waals surface area contributed by atoms with E-state index in [0.717, 1.165) is 19.5 Å². The second kappa shape index (κ2) is 7.76. The van der Waals surface area contributed by atoms with Gasteiger partial charge in [0.2, 0.25) is 0 Å². The molecular formula is C10H21NO3. The van der Waals surface area contributed by atoms with Crippen molar-refractivity contribution >= 4 is 5.97 Å². The summed E-state index contributed by atoms with van der Waals surface area (Å²) in [7, 11) is 1.39. The van der Waals surface area contributed by atoms with Crippen LogP contribution in [0, 0.1) is 0 Å². The largest absolute Gasteiger partial charge is 0.468 e. The molecule has 0 aromatic heterocycles. The average molecular weight is 203 g/mol. The monoisotopic (exact) mass is 203 g/mol. The summed E-state index contributed by atoms with van der Waals surface area (Å²) in [5.74, 6) is -0.218. The summed E-state index contributed by atoms with van der Waals surface area (Å²) in [5.41, 5.74) is 0. The maximum Gasteiger partial charge on any atom is 0.319 e. The Morgan fingerprint density at radius 2 is 2.14 bits per heavy atom. The average Bonchev–Trinajstić information content (AvgIpc) is 2.14. The Bertz CT molecular complexity index is 159. The predicted molar refractivity (Wildman–Crippen MR) is 55.0 cm³/mol. The molecule has 14 heavy (non-hydrogen) atoms. The molecule has 0 aliphatic rings. The van der Waals surface area contributed by atoms with Crippen LogP contribution in [0.15, 0.2) is 0 Å². The minimum atomic E-state index is -0.313. The molecule has 0 saturated carbocycles. The Balaban J connectivity index is 3.82. The fourth-order valence-corrected chi connectivity index (χ4v) is 1.20. The maximum atomic E-state index is 11.0. The summed E-state index contributed by atoms with van der Waals surface area (Å²) in [6, 6.07) is 0. The quantitative estimate of drug-likeness (QED) is 0.617. The lowest BCUT2D eigenvalue weighted by Gasteiger charge is -2.20. The molecule has 1 unspecified atom stereocenters. The second-order valence-electron chi connectivity index (χ2n) is 3.49. The first-order valence-electron chi connectivity index (χ1n) is 5.07. The SMILES string of the molecule is CCCN(CCC(C)O)CC(=O)OC. The summed E-state index contributed by atoms with van der Waals surface area (Å²) in [6.07, 6.45) is 1.38. The molecule has 0 aliphatic carbocycles. The minimum Gasteiger partial charge on any atom is -0.468 e. The molecule has 0 fully saturated rings. The standard InChI is InChI=1S/C10H21NO3/c1-4-6-11(7-5-9(2)12)8-10(13)14-3/h9,12H,4-8H2,1-3H3. The number of aliphatic hydroxyl groups excluding tert-OH is 1. The van der Waals surface area contributed by atoms with Gasteiger partial charge in [0.05, 0.1) is 19.8 Å². The van der Waals surface area contributed by atoms with E-state index in [0.29, 0.717) is 13.0 Å². The molecule has 1 atom stereocenters. The molecule has 0 saturated heterocycles. The molecule has 0 aromatic carbocycles. The number of rotatable bonds is 7. The molecule has 0 heterocycles. The van der Waals surface area contributed by atoms with E-state index in [-0.39, 0.29) is 12.1 Å². The van der Waals surface area contributed by atoms with E-state index in [2.05, 4.69) is 11.7 Å². The number of hydrogen-bond donors (Lipinski definition) is 1. The smallest absolute Gasteiger partial charge is 0.319 e. The summed E-state index contributed by atoms with van der Waals surface area (Å²) < 4.78 is 4.59. The van der Waals surface area contributed by atoms with Crippen molar-refractivity contribution in [2.45, 2.75) is 32.8 Å². The van der Waals surface area contributed by atoms with Crippen molar-refractivity contribution in [3.63, 3.8) is 0 Å².